The highest BCUT2D eigenvalue weighted by Gasteiger charge is 2.13. The number of anilines is 1. The number of nitrogens with one attached hydrogen (secondary N) is 1. The summed E-state index contributed by atoms with van der Waals surface area (Å²) in [6, 6.07) is 4.29. The van der Waals surface area contributed by atoms with Gasteiger partial charge >= 0.3 is 12.1 Å². The van der Waals surface area contributed by atoms with Crippen LogP contribution in [0.4, 0.5) is 10.5 Å². The minimum absolute atomic E-state index is 0.0458. The van der Waals surface area contributed by atoms with Gasteiger partial charge in [0, 0.05) is 0 Å². The largest absolute Gasteiger partial charge is 0.478 e. The SMILES string of the molecule is C=CCOC(=O)Nc1cccc(C(=O)O)c1Cl. The van der Waals surface area contributed by atoms with E-state index in [4.69, 9.17) is 16.7 Å². The number of carboxylic acids is 1. The number of carboxylic acid groups (broad SMARTS) is 1. The van der Waals surface area contributed by atoms with Crippen LogP contribution >= 0.6 is 11.6 Å². The highest BCUT2D eigenvalue weighted by molar-refractivity contribution is 6.36. The number of halogens is 1. The fraction of sp³-hybridized carbons (Fsp3) is 0.0909. The van der Waals surface area contributed by atoms with Gasteiger partial charge in [-0.2, -0.15) is 0 Å². The molecule has 1 rings (SSSR count). The van der Waals surface area contributed by atoms with Crippen molar-refractivity contribution in [2.24, 2.45) is 0 Å². The Labute approximate surface area is 103 Å². The van der Waals surface area contributed by atoms with E-state index in [0.717, 1.165) is 0 Å². The number of hydrogen-bond acceptors (Lipinski definition) is 3. The molecule has 0 aliphatic heterocycles. The van der Waals surface area contributed by atoms with Gasteiger partial charge in [-0.05, 0) is 12.1 Å². The van der Waals surface area contributed by atoms with E-state index in [2.05, 4.69) is 16.6 Å². The summed E-state index contributed by atoms with van der Waals surface area (Å²) in [5.74, 6) is -1.17. The normalized spacial score (nSPS) is 9.47. The van der Waals surface area contributed by atoms with Gasteiger partial charge in [0.1, 0.15) is 6.61 Å². The lowest BCUT2D eigenvalue weighted by Gasteiger charge is -2.08. The highest BCUT2D eigenvalue weighted by atomic mass is 35.5. The van der Waals surface area contributed by atoms with E-state index >= 15 is 0 Å². The first-order chi connectivity index (χ1) is 8.06. The van der Waals surface area contributed by atoms with Gasteiger partial charge < -0.3 is 9.84 Å². The van der Waals surface area contributed by atoms with Gasteiger partial charge in [-0.25, -0.2) is 9.59 Å². The average molecular weight is 256 g/mol. The monoisotopic (exact) mass is 255 g/mol. The molecule has 0 spiro atoms. The zero-order valence-electron chi connectivity index (χ0n) is 8.77. The van der Waals surface area contributed by atoms with Crippen molar-refractivity contribution in [2.45, 2.75) is 0 Å². The van der Waals surface area contributed by atoms with Crippen molar-refractivity contribution in [1.82, 2.24) is 0 Å². The fourth-order valence-corrected chi connectivity index (χ4v) is 1.33. The summed E-state index contributed by atoms with van der Waals surface area (Å²) in [5.41, 5.74) is 0.0915. The molecule has 0 heterocycles. The number of amides is 1. The van der Waals surface area contributed by atoms with E-state index in [-0.39, 0.29) is 22.9 Å². The van der Waals surface area contributed by atoms with Crippen molar-refractivity contribution in [1.29, 1.82) is 0 Å². The van der Waals surface area contributed by atoms with E-state index in [1.807, 2.05) is 0 Å². The van der Waals surface area contributed by atoms with Gasteiger partial charge in [0.2, 0.25) is 0 Å². The Morgan fingerprint density at radius 1 is 1.53 bits per heavy atom. The Morgan fingerprint density at radius 3 is 2.82 bits per heavy atom. The van der Waals surface area contributed by atoms with Gasteiger partial charge in [-0.15, -0.1) is 0 Å². The first-order valence-corrected chi connectivity index (χ1v) is 5.00. The van der Waals surface area contributed by atoms with Crippen molar-refractivity contribution >= 4 is 29.4 Å². The lowest BCUT2D eigenvalue weighted by molar-refractivity contribution is 0.0697. The van der Waals surface area contributed by atoms with Crippen LogP contribution < -0.4 is 5.32 Å². The number of rotatable bonds is 4. The quantitative estimate of drug-likeness (QED) is 0.811. The van der Waals surface area contributed by atoms with Crippen LogP contribution in [0.2, 0.25) is 5.02 Å². The minimum atomic E-state index is -1.17. The standard InChI is InChI=1S/C11H10ClNO4/c1-2-6-17-11(16)13-8-5-3-4-7(9(8)12)10(14)15/h2-5H,1,6H2,(H,13,16)(H,14,15). The summed E-state index contributed by atoms with van der Waals surface area (Å²) in [4.78, 5) is 22.0. The van der Waals surface area contributed by atoms with Crippen molar-refractivity contribution in [3.05, 3.63) is 41.4 Å². The number of aromatic carboxylic acids is 1. The Balaban J connectivity index is 2.85. The van der Waals surface area contributed by atoms with Crippen LogP contribution in [0.5, 0.6) is 0 Å². The fourth-order valence-electron chi connectivity index (χ4n) is 1.07. The second-order valence-corrected chi connectivity index (χ2v) is 3.36. The number of benzene rings is 1. The van der Waals surface area contributed by atoms with Crippen LogP contribution in [0.1, 0.15) is 10.4 Å². The van der Waals surface area contributed by atoms with Gasteiger partial charge in [0.25, 0.3) is 0 Å². The van der Waals surface area contributed by atoms with Crippen molar-refractivity contribution < 1.29 is 19.4 Å². The molecule has 0 saturated heterocycles. The molecule has 90 valence electrons. The second kappa shape index (κ2) is 5.91. The van der Waals surface area contributed by atoms with Crippen LogP contribution in [-0.2, 0) is 4.74 Å². The molecule has 6 heteroatoms. The summed E-state index contributed by atoms with van der Waals surface area (Å²) < 4.78 is 4.68. The van der Waals surface area contributed by atoms with Crippen molar-refractivity contribution in [3.63, 3.8) is 0 Å². The molecule has 0 aliphatic rings. The van der Waals surface area contributed by atoms with Crippen LogP contribution in [0, 0.1) is 0 Å². The van der Waals surface area contributed by atoms with E-state index in [1.54, 1.807) is 0 Å². The van der Waals surface area contributed by atoms with E-state index in [0.29, 0.717) is 0 Å². The summed E-state index contributed by atoms with van der Waals surface area (Å²) in [6.07, 6.45) is 0.684. The summed E-state index contributed by atoms with van der Waals surface area (Å²) in [5, 5.41) is 11.1. The Morgan fingerprint density at radius 2 is 2.24 bits per heavy atom. The van der Waals surface area contributed by atoms with Gasteiger partial charge in [-0.1, -0.05) is 30.3 Å². The zero-order chi connectivity index (χ0) is 12.8. The lowest BCUT2D eigenvalue weighted by Crippen LogP contribution is -2.14. The third-order valence-electron chi connectivity index (χ3n) is 1.80. The number of ether oxygens (including phenoxy) is 1. The van der Waals surface area contributed by atoms with E-state index < -0.39 is 12.1 Å². The van der Waals surface area contributed by atoms with Crippen LogP contribution in [0.25, 0.3) is 0 Å². The van der Waals surface area contributed by atoms with Gasteiger partial charge in [0.15, 0.2) is 0 Å². The smallest absolute Gasteiger partial charge is 0.411 e. The molecule has 17 heavy (non-hydrogen) atoms. The molecular formula is C11H10ClNO4. The lowest BCUT2D eigenvalue weighted by atomic mass is 10.2. The molecule has 0 radical (unpaired) electrons. The predicted molar refractivity (Wildman–Crippen MR) is 63.6 cm³/mol. The summed E-state index contributed by atoms with van der Waals surface area (Å²) >= 11 is 5.81. The molecule has 0 aliphatic carbocycles. The summed E-state index contributed by atoms with van der Waals surface area (Å²) in [6.45, 7) is 3.44. The first kappa shape index (κ1) is 13.1. The van der Waals surface area contributed by atoms with Crippen LogP contribution in [-0.4, -0.2) is 23.8 Å². The molecule has 5 nitrogen and oxygen atoms in total. The molecule has 0 bridgehead atoms. The topological polar surface area (TPSA) is 75.6 Å². The molecule has 0 fully saturated rings. The maximum absolute atomic E-state index is 11.2. The molecular weight excluding hydrogens is 246 g/mol. The van der Waals surface area contributed by atoms with Crippen LogP contribution in [0.15, 0.2) is 30.9 Å². The van der Waals surface area contributed by atoms with Gasteiger partial charge in [0.05, 0.1) is 16.3 Å². The third-order valence-corrected chi connectivity index (χ3v) is 2.21. The molecule has 0 aromatic heterocycles. The first-order valence-electron chi connectivity index (χ1n) is 4.62. The maximum atomic E-state index is 11.2. The third kappa shape index (κ3) is 3.49. The Bertz CT molecular complexity index is 459. The molecule has 1 aromatic rings. The van der Waals surface area contributed by atoms with Crippen molar-refractivity contribution in [3.8, 4) is 0 Å². The second-order valence-electron chi connectivity index (χ2n) is 2.98. The molecule has 0 atom stereocenters. The Kier molecular flexibility index (Phi) is 4.54. The number of carbonyl (C=O) groups excluding carboxylic acids is 1. The average Bonchev–Trinajstić information content (AvgIpc) is 2.28. The minimum Gasteiger partial charge on any atom is -0.478 e. The number of hydrogen-bond donors (Lipinski definition) is 2. The molecule has 1 aromatic carbocycles. The molecule has 1 amide bonds. The van der Waals surface area contributed by atoms with Crippen LogP contribution in [0.3, 0.4) is 0 Å². The molecule has 0 unspecified atom stereocenters. The molecule has 2 N–H and O–H groups in total. The maximum Gasteiger partial charge on any atom is 0.411 e. The van der Waals surface area contributed by atoms with Gasteiger partial charge in [-0.3, -0.25) is 5.32 Å². The van der Waals surface area contributed by atoms with E-state index in [9.17, 15) is 9.59 Å². The van der Waals surface area contributed by atoms with Crippen molar-refractivity contribution in [2.75, 3.05) is 11.9 Å². The zero-order valence-corrected chi connectivity index (χ0v) is 9.53. The van der Waals surface area contributed by atoms with E-state index in [1.165, 1.54) is 24.3 Å². The highest BCUT2D eigenvalue weighted by Crippen LogP contribution is 2.25. The Hall–Kier alpha value is -2.01. The predicted octanol–water partition coefficient (Wildman–Crippen LogP) is 2.77. The summed E-state index contributed by atoms with van der Waals surface area (Å²) in [7, 11) is 0. The number of carbonyl (C=O) groups is 2. The molecule has 0 saturated carbocycles.